The second-order valence-corrected chi connectivity index (χ2v) is 8.01. The summed E-state index contributed by atoms with van der Waals surface area (Å²) >= 11 is 1.70. The monoisotopic (exact) mass is 403 g/mol. The summed E-state index contributed by atoms with van der Waals surface area (Å²) in [5, 5.41) is 8.22. The van der Waals surface area contributed by atoms with Crippen LogP contribution in [0.3, 0.4) is 0 Å². The molecule has 29 heavy (non-hydrogen) atoms. The van der Waals surface area contributed by atoms with Gasteiger partial charge in [-0.25, -0.2) is 4.79 Å². The van der Waals surface area contributed by atoms with Crippen LogP contribution in [0.2, 0.25) is 0 Å². The zero-order chi connectivity index (χ0) is 20.1. The molecule has 5 rings (SSSR count). The molecule has 1 aliphatic rings. The van der Waals surface area contributed by atoms with E-state index in [2.05, 4.69) is 22.5 Å². The van der Waals surface area contributed by atoms with Crippen LogP contribution in [0.15, 0.2) is 62.6 Å². The van der Waals surface area contributed by atoms with E-state index in [4.69, 9.17) is 4.42 Å². The zero-order valence-corrected chi connectivity index (χ0v) is 16.7. The first-order valence-electron chi connectivity index (χ1n) is 9.15. The van der Waals surface area contributed by atoms with Crippen molar-refractivity contribution in [3.05, 3.63) is 75.8 Å². The van der Waals surface area contributed by atoms with E-state index in [-0.39, 0.29) is 5.91 Å². The van der Waals surface area contributed by atoms with Gasteiger partial charge in [-0.05, 0) is 30.7 Å². The highest BCUT2D eigenvalue weighted by Crippen LogP contribution is 2.42. The predicted molar refractivity (Wildman–Crippen MR) is 113 cm³/mol. The number of amides is 1. The van der Waals surface area contributed by atoms with Gasteiger partial charge in [0.15, 0.2) is 5.69 Å². The maximum Gasteiger partial charge on any atom is 0.336 e. The van der Waals surface area contributed by atoms with Crippen LogP contribution < -0.4 is 10.9 Å². The number of rotatable bonds is 2. The van der Waals surface area contributed by atoms with E-state index in [9.17, 15) is 9.59 Å². The number of hydrogen-bond donors (Lipinski definition) is 1. The molecule has 7 heteroatoms. The summed E-state index contributed by atoms with van der Waals surface area (Å²) in [6.07, 6.45) is 0. The Morgan fingerprint density at radius 2 is 2.03 bits per heavy atom. The van der Waals surface area contributed by atoms with Crippen LogP contribution >= 0.6 is 11.8 Å². The largest absolute Gasteiger partial charge is 0.423 e. The molecule has 0 unspecified atom stereocenters. The van der Waals surface area contributed by atoms with Crippen LogP contribution in [0.1, 0.15) is 21.6 Å². The molecule has 6 nitrogen and oxygen atoms in total. The highest BCUT2D eigenvalue weighted by atomic mass is 32.2. The van der Waals surface area contributed by atoms with Crippen molar-refractivity contribution in [3.63, 3.8) is 0 Å². The number of benzene rings is 2. The summed E-state index contributed by atoms with van der Waals surface area (Å²) in [5.74, 6) is 0.408. The van der Waals surface area contributed by atoms with Gasteiger partial charge in [-0.15, -0.1) is 11.8 Å². The Morgan fingerprint density at radius 3 is 2.90 bits per heavy atom. The first kappa shape index (κ1) is 17.8. The maximum atomic E-state index is 13.0. The van der Waals surface area contributed by atoms with Gasteiger partial charge >= 0.3 is 5.63 Å². The molecule has 0 atom stereocenters. The molecule has 1 aliphatic heterocycles. The lowest BCUT2D eigenvalue weighted by Crippen LogP contribution is -2.15. The van der Waals surface area contributed by atoms with Crippen molar-refractivity contribution in [2.75, 3.05) is 5.32 Å². The summed E-state index contributed by atoms with van der Waals surface area (Å²) in [5.41, 5.74) is 4.84. The Kier molecular flexibility index (Phi) is 4.06. The van der Waals surface area contributed by atoms with Crippen molar-refractivity contribution < 1.29 is 9.21 Å². The van der Waals surface area contributed by atoms with Crippen molar-refractivity contribution >= 4 is 34.3 Å². The second-order valence-electron chi connectivity index (χ2n) is 7.00. The molecule has 0 radical (unpaired) electrons. The molecule has 2 aromatic carbocycles. The highest BCUT2D eigenvalue weighted by Gasteiger charge is 2.27. The number of carbonyl (C=O) groups is 1. The molecule has 144 valence electrons. The van der Waals surface area contributed by atoms with Gasteiger partial charge in [0.05, 0.1) is 5.69 Å². The zero-order valence-electron chi connectivity index (χ0n) is 15.9. The van der Waals surface area contributed by atoms with Crippen molar-refractivity contribution in [2.24, 2.45) is 7.05 Å². The Bertz CT molecular complexity index is 1350. The van der Waals surface area contributed by atoms with E-state index in [0.717, 1.165) is 27.8 Å². The van der Waals surface area contributed by atoms with Gasteiger partial charge in [0.1, 0.15) is 5.58 Å². The Morgan fingerprint density at radius 1 is 1.21 bits per heavy atom. The number of hydrogen-bond acceptors (Lipinski definition) is 5. The third kappa shape index (κ3) is 2.94. The molecule has 0 fully saturated rings. The summed E-state index contributed by atoms with van der Waals surface area (Å²) in [6, 6.07) is 14.9. The van der Waals surface area contributed by atoms with Gasteiger partial charge in [0, 0.05) is 52.0 Å². The molecule has 3 heterocycles. The van der Waals surface area contributed by atoms with Crippen LogP contribution in [-0.4, -0.2) is 15.7 Å². The van der Waals surface area contributed by atoms with Gasteiger partial charge in [0.25, 0.3) is 5.91 Å². The SMILES string of the molecule is Cc1cc(=O)oc2cc(NC(=O)c3nn(C)c4c3CSc3ccccc3-4)ccc12. The summed E-state index contributed by atoms with van der Waals surface area (Å²) < 4.78 is 7.04. The lowest BCUT2D eigenvalue weighted by atomic mass is 10.1. The highest BCUT2D eigenvalue weighted by molar-refractivity contribution is 7.98. The van der Waals surface area contributed by atoms with E-state index >= 15 is 0 Å². The van der Waals surface area contributed by atoms with Crippen LogP contribution in [-0.2, 0) is 12.8 Å². The topological polar surface area (TPSA) is 77.1 Å². The van der Waals surface area contributed by atoms with Crippen LogP contribution in [0.25, 0.3) is 22.2 Å². The molecular formula is C22H17N3O3S. The van der Waals surface area contributed by atoms with E-state index in [1.165, 1.54) is 11.0 Å². The third-order valence-electron chi connectivity index (χ3n) is 5.08. The quantitative estimate of drug-likeness (QED) is 0.503. The molecule has 1 N–H and O–H groups in total. The molecule has 0 saturated carbocycles. The number of nitrogens with one attached hydrogen (secondary N) is 1. The second kappa shape index (κ2) is 6.63. The predicted octanol–water partition coefficient (Wildman–Crippen LogP) is 4.36. The molecular weight excluding hydrogens is 386 g/mol. The standard InChI is InChI=1S/C22H17N3O3S/c1-12-9-19(26)28-17-10-13(7-8-14(12)17)23-22(27)20-16-11-29-18-6-4-3-5-15(18)21(16)25(2)24-20/h3-10H,11H2,1-2H3,(H,23,27). The lowest BCUT2D eigenvalue weighted by Gasteiger charge is -2.17. The van der Waals surface area contributed by atoms with Gasteiger partial charge in [-0.2, -0.15) is 5.10 Å². The summed E-state index contributed by atoms with van der Waals surface area (Å²) in [7, 11) is 1.86. The average Bonchev–Trinajstić information content (AvgIpc) is 3.05. The van der Waals surface area contributed by atoms with E-state index in [1.807, 2.05) is 32.2 Å². The van der Waals surface area contributed by atoms with Crippen LogP contribution in [0.4, 0.5) is 5.69 Å². The minimum absolute atomic E-state index is 0.281. The number of nitrogens with zero attached hydrogens (tertiary/aromatic N) is 2. The average molecular weight is 403 g/mol. The lowest BCUT2D eigenvalue weighted by molar-refractivity contribution is 0.102. The van der Waals surface area contributed by atoms with Crippen molar-refractivity contribution in [3.8, 4) is 11.3 Å². The number of thioether (sulfide) groups is 1. The fourth-order valence-corrected chi connectivity index (χ4v) is 4.82. The fourth-order valence-electron chi connectivity index (χ4n) is 3.75. The first-order valence-corrected chi connectivity index (χ1v) is 10.1. The minimum atomic E-state index is -0.409. The Hall–Kier alpha value is -3.32. The van der Waals surface area contributed by atoms with Gasteiger partial charge in [0.2, 0.25) is 0 Å². The van der Waals surface area contributed by atoms with E-state index < -0.39 is 5.63 Å². The summed E-state index contributed by atoms with van der Waals surface area (Å²) in [6.45, 7) is 1.85. The van der Waals surface area contributed by atoms with Crippen molar-refractivity contribution in [1.82, 2.24) is 9.78 Å². The molecule has 0 bridgehead atoms. The van der Waals surface area contributed by atoms with Crippen molar-refractivity contribution in [1.29, 1.82) is 0 Å². The molecule has 2 aromatic heterocycles. The van der Waals surface area contributed by atoms with Crippen LogP contribution in [0, 0.1) is 6.92 Å². The number of aromatic nitrogens is 2. The van der Waals surface area contributed by atoms with E-state index in [0.29, 0.717) is 22.7 Å². The van der Waals surface area contributed by atoms with Crippen molar-refractivity contribution in [2.45, 2.75) is 17.6 Å². The Balaban J connectivity index is 1.52. The van der Waals surface area contributed by atoms with Gasteiger partial charge < -0.3 is 9.73 Å². The number of fused-ring (bicyclic) bond motifs is 4. The molecule has 0 saturated heterocycles. The van der Waals surface area contributed by atoms with Gasteiger partial charge in [-0.3, -0.25) is 9.48 Å². The molecule has 4 aromatic rings. The number of anilines is 1. The molecule has 0 aliphatic carbocycles. The fraction of sp³-hybridized carbons (Fsp3) is 0.136. The van der Waals surface area contributed by atoms with E-state index in [1.54, 1.807) is 28.6 Å². The number of aryl methyl sites for hydroxylation is 2. The normalized spacial score (nSPS) is 12.5. The van der Waals surface area contributed by atoms with Crippen LogP contribution in [0.5, 0.6) is 0 Å². The Labute approximate surface area is 170 Å². The third-order valence-corrected chi connectivity index (χ3v) is 6.18. The molecule has 0 spiro atoms. The van der Waals surface area contributed by atoms with Gasteiger partial charge in [-0.1, -0.05) is 18.2 Å². The minimum Gasteiger partial charge on any atom is -0.423 e. The molecule has 1 amide bonds. The first-order chi connectivity index (χ1) is 14.0. The summed E-state index contributed by atoms with van der Waals surface area (Å²) in [4.78, 5) is 25.8. The maximum absolute atomic E-state index is 13.0. The smallest absolute Gasteiger partial charge is 0.336 e. The number of carbonyl (C=O) groups excluding carboxylic acids is 1.